The molecule has 14 nitrogen and oxygen atoms in total. The molecule has 3 aliphatic rings. The predicted octanol–water partition coefficient (Wildman–Crippen LogP) is 5.85. The zero-order valence-electron chi connectivity index (χ0n) is 28.2. The fourth-order valence-corrected chi connectivity index (χ4v) is 5.75. The van der Waals surface area contributed by atoms with Gasteiger partial charge in [0.25, 0.3) is 5.69 Å². The van der Waals surface area contributed by atoms with Crippen LogP contribution in [0.5, 0.6) is 0 Å². The van der Waals surface area contributed by atoms with Crippen LogP contribution in [0.25, 0.3) is 0 Å². The summed E-state index contributed by atoms with van der Waals surface area (Å²) in [4.78, 5) is 44.5. The molecule has 258 valence electrons. The van der Waals surface area contributed by atoms with Crippen molar-refractivity contribution in [1.82, 2.24) is 15.3 Å². The second-order valence-electron chi connectivity index (χ2n) is 12.8. The first-order chi connectivity index (χ1) is 23.4. The van der Waals surface area contributed by atoms with Crippen molar-refractivity contribution < 1.29 is 19.2 Å². The Morgan fingerprint density at radius 3 is 2.45 bits per heavy atom. The van der Waals surface area contributed by atoms with Crippen molar-refractivity contribution in [2.24, 2.45) is 0 Å². The maximum absolute atomic E-state index is 12.0. The van der Waals surface area contributed by atoms with Crippen LogP contribution in [0.4, 0.5) is 43.7 Å². The molecule has 3 aliphatic heterocycles. The summed E-state index contributed by atoms with van der Waals surface area (Å²) in [5, 5.41) is 18.8. The summed E-state index contributed by atoms with van der Waals surface area (Å²) in [7, 11) is 1.60. The first kappa shape index (κ1) is 34.5. The summed E-state index contributed by atoms with van der Waals surface area (Å²) in [6.07, 6.45) is 6.08. The lowest BCUT2D eigenvalue weighted by Crippen LogP contribution is -2.35. The first-order valence-corrected chi connectivity index (χ1v) is 16.1. The molecule has 4 heterocycles. The van der Waals surface area contributed by atoms with Gasteiger partial charge in [-0.2, -0.15) is 0 Å². The maximum atomic E-state index is 12.0. The molecule has 49 heavy (non-hydrogen) atoms. The topological polar surface area (TPSA) is 184 Å². The summed E-state index contributed by atoms with van der Waals surface area (Å²) in [5.41, 5.74) is 14.6. The average Bonchev–Trinajstić information content (AvgIpc) is 3.88. The predicted molar refractivity (Wildman–Crippen MR) is 191 cm³/mol. The van der Waals surface area contributed by atoms with Gasteiger partial charge in [-0.1, -0.05) is 18.2 Å². The molecule has 1 aromatic heterocycles. The van der Waals surface area contributed by atoms with Crippen LogP contribution in [0.15, 0.2) is 67.1 Å². The zero-order valence-corrected chi connectivity index (χ0v) is 28.2. The fourth-order valence-electron chi connectivity index (χ4n) is 5.75. The number of nitrogens with zero attached hydrogens (tertiary/aromatic N) is 4. The monoisotopic (exact) mass is 669 g/mol. The Hall–Kier alpha value is -5.79. The van der Waals surface area contributed by atoms with E-state index in [1.54, 1.807) is 30.4 Å². The highest BCUT2D eigenvalue weighted by molar-refractivity contribution is 5.91. The van der Waals surface area contributed by atoms with Crippen LogP contribution >= 0.6 is 0 Å². The highest BCUT2D eigenvalue weighted by Gasteiger charge is 2.29. The molecule has 4 aromatic rings. The molecule has 0 spiro atoms. The normalized spacial score (nSPS) is 13.8. The Balaban J connectivity index is 0.000000148. The second kappa shape index (κ2) is 15.0. The third kappa shape index (κ3) is 8.97. The van der Waals surface area contributed by atoms with E-state index in [1.165, 1.54) is 16.8 Å². The van der Waals surface area contributed by atoms with Crippen molar-refractivity contribution in [3.05, 3.63) is 99.6 Å². The molecular formula is C35H43N9O5. The third-order valence-electron chi connectivity index (χ3n) is 8.11. The average molecular weight is 670 g/mol. The van der Waals surface area contributed by atoms with Crippen LogP contribution in [-0.4, -0.2) is 59.3 Å². The molecule has 0 aliphatic carbocycles. The number of nitrogen functional groups attached to an aromatic ring is 1. The van der Waals surface area contributed by atoms with Gasteiger partial charge in [0.05, 0.1) is 29.2 Å². The molecule has 0 radical (unpaired) electrons. The number of amides is 3. The number of imidazole rings is 1. The van der Waals surface area contributed by atoms with Crippen molar-refractivity contribution in [2.45, 2.75) is 52.2 Å². The number of rotatable bonds is 4. The zero-order chi connectivity index (χ0) is 35.1. The smallest absolute Gasteiger partial charge is 0.414 e. The second-order valence-corrected chi connectivity index (χ2v) is 12.8. The first-order valence-electron chi connectivity index (χ1n) is 16.1. The number of non-ortho nitro benzene ring substituents is 1. The van der Waals surface area contributed by atoms with E-state index in [2.05, 4.69) is 36.9 Å². The molecule has 0 fully saturated rings. The molecule has 3 aromatic carbocycles. The molecule has 7 rings (SSSR count). The van der Waals surface area contributed by atoms with Crippen LogP contribution < -0.4 is 31.5 Å². The largest absolute Gasteiger partial charge is 0.443 e. The van der Waals surface area contributed by atoms with Crippen molar-refractivity contribution in [2.75, 3.05) is 52.8 Å². The lowest BCUT2D eigenvalue weighted by molar-refractivity contribution is -0.384. The van der Waals surface area contributed by atoms with Crippen LogP contribution in [0.2, 0.25) is 0 Å². The van der Waals surface area contributed by atoms with Gasteiger partial charge in [-0.05, 0) is 81.0 Å². The molecule has 0 saturated heterocycles. The molecule has 3 amide bonds. The van der Waals surface area contributed by atoms with Gasteiger partial charge in [0.2, 0.25) is 0 Å². The Bertz CT molecular complexity index is 1800. The number of aromatic amines is 1. The van der Waals surface area contributed by atoms with Crippen LogP contribution in [0, 0.1) is 10.1 Å². The van der Waals surface area contributed by atoms with Crippen LogP contribution in [0.3, 0.4) is 0 Å². The number of benzene rings is 3. The van der Waals surface area contributed by atoms with Gasteiger partial charge < -0.3 is 36.3 Å². The number of nitro groups is 1. The number of fused-ring (bicyclic) bond motifs is 3. The summed E-state index contributed by atoms with van der Waals surface area (Å²) in [5.74, 6) is 0. The van der Waals surface area contributed by atoms with Crippen molar-refractivity contribution in [3.8, 4) is 0 Å². The lowest BCUT2D eigenvalue weighted by Gasteiger charge is -2.24. The van der Waals surface area contributed by atoms with E-state index in [-0.39, 0.29) is 22.7 Å². The molecule has 0 unspecified atom stereocenters. The standard InChI is InChI=1S/C14H17N5O.C13H18N2O2.C8H8N2O2/c1-15-14(20)18-11-3-2-10-4-5-19(13(10)6-11)8-12-7-16-9-17-12;1-13(2,3)17-12(16)15-7-6-9-4-5-10(14)8-11(9)15;11-10(12)7-2-1-6-3-4-9-8(6)5-7/h2-3,6-7,9H,4-5,8H2,1H3,(H,16,17)(H2,15,18,20);4-5,8H,6-7,14H2,1-3H3;1-2,5,9H,3-4H2. The van der Waals surface area contributed by atoms with Crippen molar-refractivity contribution in [1.29, 1.82) is 0 Å². The Kier molecular flexibility index (Phi) is 10.5. The summed E-state index contributed by atoms with van der Waals surface area (Å²) in [6, 6.07) is 16.4. The highest BCUT2D eigenvalue weighted by atomic mass is 16.6. The molecule has 0 atom stereocenters. The molecule has 14 heteroatoms. The Labute approximate surface area is 285 Å². The van der Waals surface area contributed by atoms with Gasteiger partial charge in [-0.25, -0.2) is 14.6 Å². The number of ether oxygens (including phenoxy) is 1. The number of carbonyl (C=O) groups is 2. The number of H-pyrrole nitrogens is 1. The Morgan fingerprint density at radius 1 is 1.00 bits per heavy atom. The molecule has 0 bridgehead atoms. The van der Waals surface area contributed by atoms with Gasteiger partial charge in [-0.15, -0.1) is 0 Å². The lowest BCUT2D eigenvalue weighted by atomic mass is 10.1. The number of nitrogens with two attached hydrogens (primary N) is 1. The molecular weight excluding hydrogens is 626 g/mol. The molecule has 0 saturated carbocycles. The van der Waals surface area contributed by atoms with E-state index in [1.807, 2.05) is 63.4 Å². The maximum Gasteiger partial charge on any atom is 0.414 e. The quantitative estimate of drug-likeness (QED) is 0.101. The number of aromatic nitrogens is 2. The number of anilines is 5. The minimum Gasteiger partial charge on any atom is -0.443 e. The number of hydrogen-bond donors (Lipinski definition) is 5. The van der Waals surface area contributed by atoms with E-state index >= 15 is 0 Å². The summed E-state index contributed by atoms with van der Waals surface area (Å²) in [6.45, 7) is 8.92. The third-order valence-corrected chi connectivity index (χ3v) is 8.11. The minimum atomic E-state index is -0.472. The van der Waals surface area contributed by atoms with E-state index in [4.69, 9.17) is 10.5 Å². The van der Waals surface area contributed by atoms with E-state index < -0.39 is 5.60 Å². The van der Waals surface area contributed by atoms with Crippen LogP contribution in [0.1, 0.15) is 43.2 Å². The van der Waals surface area contributed by atoms with Gasteiger partial charge in [0.1, 0.15) is 5.60 Å². The van der Waals surface area contributed by atoms with Crippen molar-refractivity contribution in [3.63, 3.8) is 0 Å². The van der Waals surface area contributed by atoms with E-state index in [0.29, 0.717) is 12.2 Å². The van der Waals surface area contributed by atoms with Gasteiger partial charge >= 0.3 is 12.1 Å². The summed E-state index contributed by atoms with van der Waals surface area (Å²) < 4.78 is 5.36. The van der Waals surface area contributed by atoms with Crippen molar-refractivity contribution >= 4 is 46.2 Å². The van der Waals surface area contributed by atoms with E-state index in [9.17, 15) is 19.7 Å². The number of hydrogen-bond acceptors (Lipinski definition) is 9. The van der Waals surface area contributed by atoms with Gasteiger partial charge in [0, 0.05) is 67.8 Å². The molecule has 6 N–H and O–H groups in total. The fraction of sp³-hybridized carbons (Fsp3) is 0.343. The SMILES string of the molecule is CC(C)(C)OC(=O)N1CCc2ccc(N)cc21.CNC(=O)Nc1ccc2c(c1)N(Cc1cnc[nH]1)CC2.O=[N+]([O-])c1ccc2c(c1)NCC2. The van der Waals surface area contributed by atoms with Gasteiger partial charge in [-0.3, -0.25) is 15.0 Å². The number of urea groups is 1. The number of nitrogens with one attached hydrogen (secondary N) is 4. The number of carbonyl (C=O) groups excluding carboxylic acids is 2. The van der Waals surface area contributed by atoms with E-state index in [0.717, 1.165) is 67.2 Å². The van der Waals surface area contributed by atoms with Gasteiger partial charge in [0.15, 0.2) is 0 Å². The van der Waals surface area contributed by atoms with Crippen LogP contribution in [-0.2, 0) is 30.5 Å². The Morgan fingerprint density at radius 2 is 1.73 bits per heavy atom. The summed E-state index contributed by atoms with van der Waals surface area (Å²) >= 11 is 0. The number of nitro benzene ring substituents is 1. The highest BCUT2D eigenvalue weighted by Crippen LogP contribution is 2.33. The minimum absolute atomic E-state index is 0.156.